The molecule has 1 aliphatic heterocycles. The molecule has 1 aliphatic rings. The molecular formula is C15H26N2Si. The van der Waals surface area contributed by atoms with Crippen molar-refractivity contribution < 1.29 is 0 Å². The average Bonchev–Trinajstić information content (AvgIpc) is 2.64. The predicted molar refractivity (Wildman–Crippen MR) is 84.1 cm³/mol. The summed E-state index contributed by atoms with van der Waals surface area (Å²) >= 11 is 0. The van der Waals surface area contributed by atoms with Gasteiger partial charge >= 0.3 is 0 Å². The first kappa shape index (κ1) is 13.5. The smallest absolute Gasteiger partial charge is 0.0497 e. The highest BCUT2D eigenvalue weighted by Gasteiger charge is 2.39. The SMILES string of the molecule is Cc1cc(N2CCC([Si](C)(C)C)C2C)ccc1N. The van der Waals surface area contributed by atoms with Crippen molar-refractivity contribution in [1.29, 1.82) is 0 Å². The monoisotopic (exact) mass is 262 g/mol. The van der Waals surface area contributed by atoms with Crippen molar-refractivity contribution in [2.75, 3.05) is 17.2 Å². The third-order valence-electron chi connectivity index (χ3n) is 4.45. The zero-order valence-corrected chi connectivity index (χ0v) is 13.3. The van der Waals surface area contributed by atoms with E-state index in [-0.39, 0.29) is 0 Å². The van der Waals surface area contributed by atoms with Crippen LogP contribution in [0.15, 0.2) is 18.2 Å². The van der Waals surface area contributed by atoms with Crippen LogP contribution in [0, 0.1) is 6.92 Å². The lowest BCUT2D eigenvalue weighted by Crippen LogP contribution is -2.37. The highest BCUT2D eigenvalue weighted by atomic mass is 28.3. The number of rotatable bonds is 2. The fourth-order valence-electron chi connectivity index (χ4n) is 3.30. The lowest BCUT2D eigenvalue weighted by molar-refractivity contribution is 0.713. The lowest BCUT2D eigenvalue weighted by atomic mass is 10.1. The Balaban J connectivity index is 2.23. The molecule has 1 saturated heterocycles. The van der Waals surface area contributed by atoms with Crippen LogP contribution in [0.3, 0.4) is 0 Å². The molecule has 1 fully saturated rings. The molecule has 2 N–H and O–H groups in total. The van der Waals surface area contributed by atoms with E-state index in [9.17, 15) is 0 Å². The summed E-state index contributed by atoms with van der Waals surface area (Å²) in [6, 6.07) is 7.11. The quantitative estimate of drug-likeness (QED) is 0.647. The largest absolute Gasteiger partial charge is 0.399 e. The van der Waals surface area contributed by atoms with Crippen molar-refractivity contribution >= 4 is 19.4 Å². The van der Waals surface area contributed by atoms with Gasteiger partial charge in [-0.3, -0.25) is 0 Å². The van der Waals surface area contributed by atoms with Crippen LogP contribution in [0.25, 0.3) is 0 Å². The van der Waals surface area contributed by atoms with Gasteiger partial charge in [-0.1, -0.05) is 19.6 Å². The molecule has 3 heteroatoms. The zero-order valence-electron chi connectivity index (χ0n) is 12.3. The van der Waals surface area contributed by atoms with Gasteiger partial charge in [-0.25, -0.2) is 0 Å². The number of nitrogens with zero attached hydrogens (tertiary/aromatic N) is 1. The van der Waals surface area contributed by atoms with E-state index < -0.39 is 8.07 Å². The summed E-state index contributed by atoms with van der Waals surface area (Å²) in [6.45, 7) is 13.2. The maximum atomic E-state index is 5.91. The summed E-state index contributed by atoms with van der Waals surface area (Å²) in [7, 11) is -1.05. The summed E-state index contributed by atoms with van der Waals surface area (Å²) < 4.78 is 0. The van der Waals surface area contributed by atoms with E-state index >= 15 is 0 Å². The maximum Gasteiger partial charge on any atom is 0.0497 e. The number of hydrogen-bond donors (Lipinski definition) is 1. The molecule has 18 heavy (non-hydrogen) atoms. The van der Waals surface area contributed by atoms with Crippen LogP contribution >= 0.6 is 0 Å². The van der Waals surface area contributed by atoms with Gasteiger partial charge in [0.15, 0.2) is 0 Å². The first-order valence-corrected chi connectivity index (χ1v) is 10.5. The van der Waals surface area contributed by atoms with Crippen molar-refractivity contribution in [3.63, 3.8) is 0 Å². The number of benzene rings is 1. The molecule has 0 aliphatic carbocycles. The summed E-state index contributed by atoms with van der Waals surface area (Å²) in [4.78, 5) is 2.56. The van der Waals surface area contributed by atoms with Crippen molar-refractivity contribution in [1.82, 2.24) is 0 Å². The Hall–Kier alpha value is -0.963. The number of nitrogens with two attached hydrogens (primary N) is 1. The van der Waals surface area contributed by atoms with E-state index in [0.717, 1.165) is 11.2 Å². The molecule has 0 spiro atoms. The highest BCUT2D eigenvalue weighted by molar-refractivity contribution is 6.77. The Morgan fingerprint density at radius 3 is 2.44 bits per heavy atom. The van der Waals surface area contributed by atoms with Crippen LogP contribution in [-0.2, 0) is 0 Å². The zero-order chi connectivity index (χ0) is 13.5. The molecule has 0 amide bonds. The van der Waals surface area contributed by atoms with Gasteiger partial charge in [-0.15, -0.1) is 0 Å². The number of nitrogen functional groups attached to an aromatic ring is 1. The van der Waals surface area contributed by atoms with Crippen molar-refractivity contribution in [3.05, 3.63) is 23.8 Å². The molecule has 1 aromatic rings. The molecule has 2 rings (SSSR count). The van der Waals surface area contributed by atoms with E-state index in [1.165, 1.54) is 24.2 Å². The second kappa shape index (κ2) is 4.61. The normalized spacial score (nSPS) is 24.6. The minimum Gasteiger partial charge on any atom is -0.399 e. The third-order valence-corrected chi connectivity index (χ3v) is 7.45. The van der Waals surface area contributed by atoms with Crippen molar-refractivity contribution in [2.45, 2.75) is 51.5 Å². The maximum absolute atomic E-state index is 5.91. The first-order chi connectivity index (χ1) is 8.30. The molecule has 100 valence electrons. The Labute approximate surface area is 112 Å². The molecule has 0 radical (unpaired) electrons. The second-order valence-corrected chi connectivity index (χ2v) is 12.2. The minimum atomic E-state index is -1.05. The van der Waals surface area contributed by atoms with Gasteiger partial charge in [0.2, 0.25) is 0 Å². The van der Waals surface area contributed by atoms with Gasteiger partial charge in [0, 0.05) is 32.0 Å². The fourth-order valence-corrected chi connectivity index (χ4v) is 5.92. The summed E-state index contributed by atoms with van der Waals surface area (Å²) in [6.07, 6.45) is 1.35. The minimum absolute atomic E-state index is 0.666. The second-order valence-electron chi connectivity index (χ2n) is 6.74. The third kappa shape index (κ3) is 2.41. The number of hydrogen-bond acceptors (Lipinski definition) is 2. The van der Waals surface area contributed by atoms with Gasteiger partial charge in [-0.05, 0) is 49.6 Å². The number of aryl methyl sites for hydroxylation is 1. The lowest BCUT2D eigenvalue weighted by Gasteiger charge is -2.33. The summed E-state index contributed by atoms with van der Waals surface area (Å²) in [5, 5.41) is 0. The van der Waals surface area contributed by atoms with Gasteiger partial charge in [-0.2, -0.15) is 0 Å². The Bertz CT molecular complexity index is 437. The standard InChI is InChI=1S/C15H26N2Si/c1-11-10-13(6-7-14(11)16)17-9-8-15(12(17)2)18(3,4)5/h6-7,10,12,15H,8-9,16H2,1-5H3. The van der Waals surface area contributed by atoms with Gasteiger partial charge in [0.1, 0.15) is 0 Å². The fraction of sp³-hybridized carbons (Fsp3) is 0.600. The first-order valence-electron chi connectivity index (χ1n) is 6.93. The molecule has 1 aromatic carbocycles. The average molecular weight is 262 g/mol. The molecule has 2 nitrogen and oxygen atoms in total. The van der Waals surface area contributed by atoms with Gasteiger partial charge in [0.25, 0.3) is 0 Å². The molecule has 0 aromatic heterocycles. The van der Waals surface area contributed by atoms with Crippen LogP contribution in [0.2, 0.25) is 25.2 Å². The molecule has 0 bridgehead atoms. The molecule has 2 atom stereocenters. The van der Waals surface area contributed by atoms with Crippen LogP contribution in [-0.4, -0.2) is 20.7 Å². The van der Waals surface area contributed by atoms with Crippen molar-refractivity contribution in [3.8, 4) is 0 Å². The molecule has 1 heterocycles. The Morgan fingerprint density at radius 1 is 1.28 bits per heavy atom. The Morgan fingerprint density at radius 2 is 1.94 bits per heavy atom. The van der Waals surface area contributed by atoms with Gasteiger partial charge < -0.3 is 10.6 Å². The topological polar surface area (TPSA) is 29.3 Å². The summed E-state index contributed by atoms with van der Waals surface area (Å²) in [5.74, 6) is 0. The summed E-state index contributed by atoms with van der Waals surface area (Å²) in [5.41, 5.74) is 10.2. The number of anilines is 2. The Kier molecular flexibility index (Phi) is 3.45. The van der Waals surface area contributed by atoms with E-state index in [1.54, 1.807) is 0 Å². The molecule has 2 unspecified atom stereocenters. The van der Waals surface area contributed by atoms with Crippen LogP contribution in [0.4, 0.5) is 11.4 Å². The molecular weight excluding hydrogens is 236 g/mol. The molecule has 0 saturated carbocycles. The van der Waals surface area contributed by atoms with Crippen LogP contribution < -0.4 is 10.6 Å². The van der Waals surface area contributed by atoms with E-state index in [0.29, 0.717) is 6.04 Å². The van der Waals surface area contributed by atoms with Crippen molar-refractivity contribution in [2.24, 2.45) is 0 Å². The predicted octanol–water partition coefficient (Wildman–Crippen LogP) is 3.88. The van der Waals surface area contributed by atoms with Crippen LogP contribution in [0.1, 0.15) is 18.9 Å². The highest BCUT2D eigenvalue weighted by Crippen LogP contribution is 2.40. The van der Waals surface area contributed by atoms with E-state index in [2.05, 4.69) is 50.5 Å². The van der Waals surface area contributed by atoms with E-state index in [4.69, 9.17) is 5.73 Å². The van der Waals surface area contributed by atoms with Crippen LogP contribution in [0.5, 0.6) is 0 Å². The van der Waals surface area contributed by atoms with E-state index in [1.807, 2.05) is 6.07 Å². The van der Waals surface area contributed by atoms with Gasteiger partial charge in [0.05, 0.1) is 0 Å².